The number of carbonyl (C=O) groups excluding carboxylic acids is 1. The number of halogens is 1. The van der Waals surface area contributed by atoms with Gasteiger partial charge in [-0.05, 0) is 23.6 Å². The molecular formula is C17H19ClN4O2. The van der Waals surface area contributed by atoms with Gasteiger partial charge in [0.15, 0.2) is 0 Å². The predicted octanol–water partition coefficient (Wildman–Crippen LogP) is 2.39. The van der Waals surface area contributed by atoms with Gasteiger partial charge in [-0.2, -0.15) is 0 Å². The summed E-state index contributed by atoms with van der Waals surface area (Å²) in [5.74, 6) is 0.351. The van der Waals surface area contributed by atoms with Crippen LogP contribution in [0.5, 0.6) is 0 Å². The van der Waals surface area contributed by atoms with Gasteiger partial charge in [0, 0.05) is 25.1 Å². The maximum atomic E-state index is 12.5. The van der Waals surface area contributed by atoms with E-state index in [4.69, 9.17) is 22.1 Å². The van der Waals surface area contributed by atoms with Gasteiger partial charge < -0.3 is 15.4 Å². The summed E-state index contributed by atoms with van der Waals surface area (Å²) in [6.07, 6.45) is 0.912. The van der Waals surface area contributed by atoms with Gasteiger partial charge in [-0.3, -0.25) is 4.79 Å². The van der Waals surface area contributed by atoms with E-state index < -0.39 is 0 Å². The van der Waals surface area contributed by atoms with Crippen molar-refractivity contribution in [3.8, 4) is 0 Å². The molecule has 24 heavy (non-hydrogen) atoms. The molecule has 7 heteroatoms. The van der Waals surface area contributed by atoms with Crippen LogP contribution in [0.2, 0.25) is 5.28 Å². The lowest BCUT2D eigenvalue weighted by atomic mass is 10.1. The molecule has 1 aliphatic heterocycles. The van der Waals surface area contributed by atoms with Crippen LogP contribution in [0, 0.1) is 5.92 Å². The number of rotatable bonds is 5. The number of nitrogens with zero attached hydrogens (tertiary/aromatic N) is 3. The van der Waals surface area contributed by atoms with Crippen molar-refractivity contribution in [3.05, 3.63) is 52.9 Å². The standard InChI is InChI=1S/C17H19ClN4O2/c18-17-20-14(8-15(19)21-17)16(23)22-7-6-13(9-22)11-24-10-12-4-2-1-3-5-12/h1-5,8,13H,6-7,9-11H2,(H2,19,20,21). The van der Waals surface area contributed by atoms with Crippen molar-refractivity contribution in [2.45, 2.75) is 13.0 Å². The molecule has 0 spiro atoms. The molecule has 126 valence electrons. The molecule has 2 N–H and O–H groups in total. The Morgan fingerprint density at radius 2 is 2.12 bits per heavy atom. The number of ether oxygens (including phenoxy) is 1. The van der Waals surface area contributed by atoms with E-state index in [1.807, 2.05) is 30.3 Å². The van der Waals surface area contributed by atoms with Crippen molar-refractivity contribution in [1.82, 2.24) is 14.9 Å². The van der Waals surface area contributed by atoms with Crippen LogP contribution in [0.1, 0.15) is 22.5 Å². The van der Waals surface area contributed by atoms with E-state index in [9.17, 15) is 4.79 Å². The van der Waals surface area contributed by atoms with Gasteiger partial charge in [-0.15, -0.1) is 0 Å². The average molecular weight is 347 g/mol. The molecule has 2 heterocycles. The van der Waals surface area contributed by atoms with Crippen LogP contribution in [-0.2, 0) is 11.3 Å². The summed E-state index contributed by atoms with van der Waals surface area (Å²) in [5, 5.41) is -0.0136. The van der Waals surface area contributed by atoms with Gasteiger partial charge >= 0.3 is 0 Å². The Bertz CT molecular complexity index is 691. The lowest BCUT2D eigenvalue weighted by Gasteiger charge is -2.16. The molecule has 2 aromatic rings. The van der Waals surface area contributed by atoms with Crippen molar-refractivity contribution in [3.63, 3.8) is 0 Å². The molecule has 1 fully saturated rings. The molecule has 1 saturated heterocycles. The second-order valence-electron chi connectivity index (χ2n) is 5.85. The number of nitrogens with two attached hydrogens (primary N) is 1. The molecule has 1 unspecified atom stereocenters. The lowest BCUT2D eigenvalue weighted by molar-refractivity contribution is 0.0728. The summed E-state index contributed by atoms with van der Waals surface area (Å²) in [6.45, 7) is 2.55. The summed E-state index contributed by atoms with van der Waals surface area (Å²) in [6, 6.07) is 11.5. The molecule has 6 nitrogen and oxygen atoms in total. The summed E-state index contributed by atoms with van der Waals surface area (Å²) < 4.78 is 5.77. The first kappa shape index (κ1) is 16.7. The highest BCUT2D eigenvalue weighted by atomic mass is 35.5. The third-order valence-electron chi connectivity index (χ3n) is 3.98. The van der Waals surface area contributed by atoms with Crippen LogP contribution in [0.3, 0.4) is 0 Å². The zero-order chi connectivity index (χ0) is 16.9. The van der Waals surface area contributed by atoms with E-state index in [2.05, 4.69) is 9.97 Å². The number of amides is 1. The third-order valence-corrected chi connectivity index (χ3v) is 4.14. The van der Waals surface area contributed by atoms with Crippen LogP contribution >= 0.6 is 11.6 Å². The Kier molecular flexibility index (Phi) is 5.27. The van der Waals surface area contributed by atoms with Crippen LogP contribution in [-0.4, -0.2) is 40.5 Å². The number of anilines is 1. The smallest absolute Gasteiger partial charge is 0.272 e. The molecule has 1 aromatic carbocycles. The van der Waals surface area contributed by atoms with Gasteiger partial charge in [0.2, 0.25) is 5.28 Å². The van der Waals surface area contributed by atoms with Crippen LogP contribution in [0.4, 0.5) is 5.82 Å². The van der Waals surface area contributed by atoms with Gasteiger partial charge in [0.25, 0.3) is 5.91 Å². The summed E-state index contributed by atoms with van der Waals surface area (Å²) in [5.41, 5.74) is 7.00. The maximum absolute atomic E-state index is 12.5. The van der Waals surface area contributed by atoms with Crippen molar-refractivity contribution < 1.29 is 9.53 Å². The first-order valence-corrected chi connectivity index (χ1v) is 8.20. The Morgan fingerprint density at radius 3 is 2.88 bits per heavy atom. The highest BCUT2D eigenvalue weighted by Gasteiger charge is 2.28. The minimum Gasteiger partial charge on any atom is -0.384 e. The van der Waals surface area contributed by atoms with E-state index in [1.165, 1.54) is 6.07 Å². The Hall–Kier alpha value is -2.18. The minimum atomic E-state index is -0.170. The normalized spacial score (nSPS) is 17.2. The number of hydrogen-bond donors (Lipinski definition) is 1. The molecule has 3 rings (SSSR count). The second kappa shape index (κ2) is 7.59. The number of aromatic nitrogens is 2. The maximum Gasteiger partial charge on any atom is 0.272 e. The average Bonchev–Trinajstić information content (AvgIpc) is 3.03. The fourth-order valence-electron chi connectivity index (χ4n) is 2.78. The Morgan fingerprint density at radius 1 is 1.33 bits per heavy atom. The van der Waals surface area contributed by atoms with Gasteiger partial charge in [0.1, 0.15) is 11.5 Å². The molecule has 1 atom stereocenters. The van der Waals surface area contributed by atoms with E-state index in [0.29, 0.717) is 32.2 Å². The highest BCUT2D eigenvalue weighted by Crippen LogP contribution is 2.20. The summed E-state index contributed by atoms with van der Waals surface area (Å²) in [7, 11) is 0. The largest absolute Gasteiger partial charge is 0.384 e. The first-order chi connectivity index (χ1) is 11.6. The van der Waals surface area contributed by atoms with E-state index >= 15 is 0 Å². The molecule has 0 radical (unpaired) electrons. The molecule has 1 aliphatic rings. The highest BCUT2D eigenvalue weighted by molar-refractivity contribution is 6.28. The lowest BCUT2D eigenvalue weighted by Crippen LogP contribution is -2.30. The van der Waals surface area contributed by atoms with Gasteiger partial charge in [0.05, 0.1) is 13.2 Å². The van der Waals surface area contributed by atoms with E-state index in [-0.39, 0.29) is 22.7 Å². The predicted molar refractivity (Wildman–Crippen MR) is 91.6 cm³/mol. The second-order valence-corrected chi connectivity index (χ2v) is 6.19. The molecular weight excluding hydrogens is 328 g/mol. The van der Waals surface area contributed by atoms with Crippen molar-refractivity contribution in [1.29, 1.82) is 0 Å². The number of benzene rings is 1. The fourth-order valence-corrected chi connectivity index (χ4v) is 2.97. The minimum absolute atomic E-state index is 0.0136. The molecule has 0 saturated carbocycles. The molecule has 1 amide bonds. The number of nitrogen functional groups attached to an aromatic ring is 1. The van der Waals surface area contributed by atoms with Crippen LogP contribution in [0.15, 0.2) is 36.4 Å². The first-order valence-electron chi connectivity index (χ1n) is 7.83. The fraction of sp³-hybridized carbons (Fsp3) is 0.353. The number of likely N-dealkylation sites (tertiary alicyclic amines) is 1. The van der Waals surface area contributed by atoms with Crippen molar-refractivity contribution in [2.24, 2.45) is 5.92 Å². The summed E-state index contributed by atoms with van der Waals surface area (Å²) >= 11 is 5.76. The molecule has 1 aromatic heterocycles. The molecule has 0 aliphatic carbocycles. The number of carbonyl (C=O) groups is 1. The molecule has 0 bridgehead atoms. The topological polar surface area (TPSA) is 81.3 Å². The number of hydrogen-bond acceptors (Lipinski definition) is 5. The zero-order valence-electron chi connectivity index (χ0n) is 13.2. The summed E-state index contributed by atoms with van der Waals surface area (Å²) in [4.78, 5) is 22.0. The van der Waals surface area contributed by atoms with E-state index in [0.717, 1.165) is 12.0 Å². The van der Waals surface area contributed by atoms with Crippen molar-refractivity contribution in [2.75, 3.05) is 25.4 Å². The quantitative estimate of drug-likeness (QED) is 0.841. The van der Waals surface area contributed by atoms with Gasteiger partial charge in [-0.1, -0.05) is 30.3 Å². The van der Waals surface area contributed by atoms with Crippen molar-refractivity contribution >= 4 is 23.3 Å². The van der Waals surface area contributed by atoms with Gasteiger partial charge in [-0.25, -0.2) is 9.97 Å². The Balaban J connectivity index is 1.50. The van der Waals surface area contributed by atoms with Crippen LogP contribution < -0.4 is 5.73 Å². The van der Waals surface area contributed by atoms with E-state index in [1.54, 1.807) is 4.90 Å². The third kappa shape index (κ3) is 4.21. The Labute approximate surface area is 145 Å². The van der Waals surface area contributed by atoms with Crippen LogP contribution in [0.25, 0.3) is 0 Å². The SMILES string of the molecule is Nc1cc(C(=O)N2CCC(COCc3ccccc3)C2)nc(Cl)n1. The zero-order valence-corrected chi connectivity index (χ0v) is 13.9. The monoisotopic (exact) mass is 346 g/mol.